The molecule has 0 unspecified atom stereocenters. The SMILES string of the molecule is Cc1cccc2c1c1ccccc1n2-c1ncccn1. The Kier molecular flexibility index (Phi) is 2.33. The van der Waals surface area contributed by atoms with Crippen molar-refractivity contribution in [3.63, 3.8) is 0 Å². The van der Waals surface area contributed by atoms with Gasteiger partial charge in [-0.3, -0.25) is 4.57 Å². The van der Waals surface area contributed by atoms with Gasteiger partial charge >= 0.3 is 0 Å². The van der Waals surface area contributed by atoms with E-state index in [9.17, 15) is 0 Å². The second-order valence-electron chi connectivity index (χ2n) is 4.87. The van der Waals surface area contributed by atoms with Gasteiger partial charge in [-0.05, 0) is 30.7 Å². The van der Waals surface area contributed by atoms with Crippen molar-refractivity contribution in [1.29, 1.82) is 0 Å². The minimum Gasteiger partial charge on any atom is -0.278 e. The number of aryl methyl sites for hydroxylation is 1. The van der Waals surface area contributed by atoms with Gasteiger partial charge in [0.2, 0.25) is 5.95 Å². The molecule has 0 saturated heterocycles. The lowest BCUT2D eigenvalue weighted by Gasteiger charge is -2.04. The number of fused-ring (bicyclic) bond motifs is 3. The molecule has 0 spiro atoms. The van der Waals surface area contributed by atoms with E-state index in [1.54, 1.807) is 12.4 Å². The van der Waals surface area contributed by atoms with Crippen LogP contribution in [0.2, 0.25) is 0 Å². The van der Waals surface area contributed by atoms with E-state index in [-0.39, 0.29) is 0 Å². The number of hydrogen-bond acceptors (Lipinski definition) is 2. The van der Waals surface area contributed by atoms with Crippen molar-refractivity contribution in [3.05, 3.63) is 66.5 Å². The normalized spacial score (nSPS) is 11.2. The van der Waals surface area contributed by atoms with Crippen LogP contribution in [0.3, 0.4) is 0 Å². The second-order valence-corrected chi connectivity index (χ2v) is 4.87. The summed E-state index contributed by atoms with van der Waals surface area (Å²) in [6, 6.07) is 16.6. The van der Waals surface area contributed by atoms with E-state index in [0.717, 1.165) is 11.0 Å². The van der Waals surface area contributed by atoms with Crippen LogP contribution in [0.1, 0.15) is 5.56 Å². The number of rotatable bonds is 1. The third-order valence-electron chi connectivity index (χ3n) is 3.66. The lowest BCUT2D eigenvalue weighted by atomic mass is 10.1. The molecule has 4 rings (SSSR count). The Labute approximate surface area is 116 Å². The quantitative estimate of drug-likeness (QED) is 0.519. The maximum absolute atomic E-state index is 4.40. The highest BCUT2D eigenvalue weighted by Gasteiger charge is 2.13. The molecule has 4 aromatic rings. The second kappa shape index (κ2) is 4.17. The van der Waals surface area contributed by atoms with Gasteiger partial charge in [0.1, 0.15) is 0 Å². The molecule has 3 heteroatoms. The molecule has 0 N–H and O–H groups in total. The zero-order valence-corrected chi connectivity index (χ0v) is 11.1. The zero-order chi connectivity index (χ0) is 13.5. The summed E-state index contributed by atoms with van der Waals surface area (Å²) in [7, 11) is 0. The summed E-state index contributed by atoms with van der Waals surface area (Å²) < 4.78 is 2.12. The Hall–Kier alpha value is -2.68. The van der Waals surface area contributed by atoms with Gasteiger partial charge in [-0.25, -0.2) is 9.97 Å². The third kappa shape index (κ3) is 1.46. The number of nitrogens with zero attached hydrogens (tertiary/aromatic N) is 3. The lowest BCUT2D eigenvalue weighted by molar-refractivity contribution is 0.988. The maximum Gasteiger partial charge on any atom is 0.234 e. The van der Waals surface area contributed by atoms with Crippen LogP contribution in [0.4, 0.5) is 0 Å². The molecule has 0 saturated carbocycles. The minimum atomic E-state index is 0.712. The van der Waals surface area contributed by atoms with Gasteiger partial charge in [-0.2, -0.15) is 0 Å². The maximum atomic E-state index is 4.40. The summed E-state index contributed by atoms with van der Waals surface area (Å²) in [5, 5.41) is 2.52. The standard InChI is InChI=1S/C17H13N3/c1-12-6-4-9-15-16(12)13-7-2-3-8-14(13)20(15)17-18-10-5-11-19-17/h2-11H,1H3. The topological polar surface area (TPSA) is 30.7 Å². The highest BCUT2D eigenvalue weighted by atomic mass is 15.1. The van der Waals surface area contributed by atoms with Crippen LogP contribution < -0.4 is 0 Å². The molecule has 0 aliphatic carbocycles. The van der Waals surface area contributed by atoms with E-state index in [4.69, 9.17) is 0 Å². The summed E-state index contributed by atoms with van der Waals surface area (Å²) in [6.45, 7) is 2.14. The lowest BCUT2D eigenvalue weighted by Crippen LogP contribution is -1.99. The van der Waals surface area contributed by atoms with E-state index in [1.165, 1.54) is 16.3 Å². The van der Waals surface area contributed by atoms with E-state index >= 15 is 0 Å². The van der Waals surface area contributed by atoms with Gasteiger partial charge in [0.25, 0.3) is 0 Å². The molecule has 20 heavy (non-hydrogen) atoms. The first-order chi connectivity index (χ1) is 9.86. The van der Waals surface area contributed by atoms with Crippen LogP contribution >= 0.6 is 0 Å². The molecule has 0 bridgehead atoms. The van der Waals surface area contributed by atoms with Gasteiger partial charge in [0.15, 0.2) is 0 Å². The molecular formula is C17H13N3. The molecule has 0 aliphatic heterocycles. The fourth-order valence-corrected chi connectivity index (χ4v) is 2.82. The van der Waals surface area contributed by atoms with Crippen molar-refractivity contribution < 1.29 is 0 Å². The molecule has 0 amide bonds. The van der Waals surface area contributed by atoms with Crippen LogP contribution in [0, 0.1) is 6.92 Å². The van der Waals surface area contributed by atoms with Gasteiger partial charge in [0, 0.05) is 23.2 Å². The number of benzene rings is 2. The average Bonchev–Trinajstić information content (AvgIpc) is 2.84. The van der Waals surface area contributed by atoms with Crippen LogP contribution in [0.25, 0.3) is 27.8 Å². The predicted molar refractivity (Wildman–Crippen MR) is 81.1 cm³/mol. The summed E-state index contributed by atoms with van der Waals surface area (Å²) in [5.41, 5.74) is 3.56. The summed E-state index contributed by atoms with van der Waals surface area (Å²) in [6.07, 6.45) is 3.55. The van der Waals surface area contributed by atoms with E-state index in [1.807, 2.05) is 6.07 Å². The van der Waals surface area contributed by atoms with Crippen molar-refractivity contribution in [2.24, 2.45) is 0 Å². The third-order valence-corrected chi connectivity index (χ3v) is 3.66. The first-order valence-corrected chi connectivity index (χ1v) is 6.62. The fourth-order valence-electron chi connectivity index (χ4n) is 2.82. The molecule has 2 heterocycles. The molecular weight excluding hydrogens is 246 g/mol. The molecule has 0 fully saturated rings. The zero-order valence-electron chi connectivity index (χ0n) is 11.1. The van der Waals surface area contributed by atoms with Crippen molar-refractivity contribution in [2.45, 2.75) is 6.92 Å². The van der Waals surface area contributed by atoms with Gasteiger partial charge in [-0.15, -0.1) is 0 Å². The average molecular weight is 259 g/mol. The van der Waals surface area contributed by atoms with Crippen molar-refractivity contribution in [1.82, 2.24) is 14.5 Å². The monoisotopic (exact) mass is 259 g/mol. The number of aromatic nitrogens is 3. The smallest absolute Gasteiger partial charge is 0.234 e. The Morgan fingerprint density at radius 3 is 2.40 bits per heavy atom. The van der Waals surface area contributed by atoms with Gasteiger partial charge in [0.05, 0.1) is 11.0 Å². The van der Waals surface area contributed by atoms with Crippen LogP contribution in [-0.4, -0.2) is 14.5 Å². The van der Waals surface area contributed by atoms with Gasteiger partial charge in [-0.1, -0.05) is 30.3 Å². The highest BCUT2D eigenvalue weighted by Crippen LogP contribution is 2.32. The summed E-state index contributed by atoms with van der Waals surface area (Å²) in [4.78, 5) is 8.81. The Balaban J connectivity index is 2.26. The fraction of sp³-hybridized carbons (Fsp3) is 0.0588. The first-order valence-electron chi connectivity index (χ1n) is 6.62. The van der Waals surface area contributed by atoms with Crippen molar-refractivity contribution >= 4 is 21.8 Å². The summed E-state index contributed by atoms with van der Waals surface area (Å²) >= 11 is 0. The van der Waals surface area contributed by atoms with E-state index in [0.29, 0.717) is 5.95 Å². The van der Waals surface area contributed by atoms with Crippen LogP contribution in [-0.2, 0) is 0 Å². The number of hydrogen-bond donors (Lipinski definition) is 0. The van der Waals surface area contributed by atoms with Crippen LogP contribution in [0.5, 0.6) is 0 Å². The highest BCUT2D eigenvalue weighted by molar-refractivity contribution is 6.10. The first kappa shape index (κ1) is 11.2. The predicted octanol–water partition coefficient (Wildman–Crippen LogP) is 3.88. The molecule has 0 radical (unpaired) electrons. The van der Waals surface area contributed by atoms with E-state index in [2.05, 4.69) is 63.9 Å². The molecule has 3 nitrogen and oxygen atoms in total. The molecule has 2 aromatic heterocycles. The molecule has 0 aliphatic rings. The van der Waals surface area contributed by atoms with E-state index < -0.39 is 0 Å². The number of para-hydroxylation sites is 1. The van der Waals surface area contributed by atoms with Crippen LogP contribution in [0.15, 0.2) is 60.9 Å². The Morgan fingerprint density at radius 1 is 0.800 bits per heavy atom. The van der Waals surface area contributed by atoms with Crippen molar-refractivity contribution in [2.75, 3.05) is 0 Å². The molecule has 0 atom stereocenters. The Bertz CT molecular complexity index is 907. The molecule has 96 valence electrons. The summed E-state index contributed by atoms with van der Waals surface area (Å²) in [5.74, 6) is 0.712. The Morgan fingerprint density at radius 2 is 1.55 bits per heavy atom. The largest absolute Gasteiger partial charge is 0.278 e. The van der Waals surface area contributed by atoms with Crippen molar-refractivity contribution in [3.8, 4) is 5.95 Å². The van der Waals surface area contributed by atoms with Gasteiger partial charge < -0.3 is 0 Å². The minimum absolute atomic E-state index is 0.712. The molecule has 2 aromatic carbocycles.